The van der Waals surface area contributed by atoms with Crippen LogP contribution >= 0.6 is 11.3 Å². The highest BCUT2D eigenvalue weighted by molar-refractivity contribution is 7.21. The van der Waals surface area contributed by atoms with Crippen LogP contribution in [0.3, 0.4) is 0 Å². The van der Waals surface area contributed by atoms with E-state index >= 15 is 0 Å². The van der Waals surface area contributed by atoms with Crippen LogP contribution < -0.4 is 10.9 Å². The zero-order valence-corrected chi connectivity index (χ0v) is 16.2. The SMILES string of the molecule is Cc1ccccc1NC(=O)C(C)n1nnc2sc(-c3ccccc3)cc2c1=O. The molecule has 0 saturated carbocycles. The Balaban J connectivity index is 1.67. The van der Waals surface area contributed by atoms with Crippen LogP contribution in [0.25, 0.3) is 20.7 Å². The monoisotopic (exact) mass is 390 g/mol. The molecule has 140 valence electrons. The number of para-hydroxylation sites is 1. The zero-order chi connectivity index (χ0) is 19.7. The number of nitrogens with one attached hydrogen (secondary N) is 1. The van der Waals surface area contributed by atoms with Gasteiger partial charge in [-0.3, -0.25) is 9.59 Å². The third kappa shape index (κ3) is 3.32. The summed E-state index contributed by atoms with van der Waals surface area (Å²) in [7, 11) is 0. The maximum Gasteiger partial charge on any atom is 0.279 e. The van der Waals surface area contributed by atoms with Gasteiger partial charge in [0.2, 0.25) is 5.91 Å². The van der Waals surface area contributed by atoms with E-state index in [1.165, 1.54) is 11.3 Å². The van der Waals surface area contributed by atoms with Crippen LogP contribution in [0, 0.1) is 6.92 Å². The minimum absolute atomic E-state index is 0.316. The van der Waals surface area contributed by atoms with Crippen molar-refractivity contribution < 1.29 is 4.79 Å². The highest BCUT2D eigenvalue weighted by Gasteiger charge is 2.21. The standard InChI is InChI=1S/C21H18N4O2S/c1-13-8-6-7-11-17(13)22-19(26)14(2)25-21(27)16-12-18(28-20(16)23-24-25)15-9-4-3-5-10-15/h3-12,14H,1-2H3,(H,22,26). The maximum absolute atomic E-state index is 12.9. The number of fused-ring (bicyclic) bond motifs is 1. The second-order valence-electron chi connectivity index (χ2n) is 6.51. The fourth-order valence-electron chi connectivity index (χ4n) is 2.92. The third-order valence-corrected chi connectivity index (χ3v) is 5.66. The van der Waals surface area contributed by atoms with Crippen LogP contribution in [-0.4, -0.2) is 20.9 Å². The first-order valence-corrected chi connectivity index (χ1v) is 9.67. The summed E-state index contributed by atoms with van der Waals surface area (Å²) in [5.74, 6) is -0.316. The van der Waals surface area contributed by atoms with Crippen LogP contribution in [0.4, 0.5) is 5.69 Å². The molecular weight excluding hydrogens is 372 g/mol. The molecule has 4 aromatic rings. The minimum atomic E-state index is -0.788. The molecule has 0 bridgehead atoms. The molecule has 2 aromatic heterocycles. The van der Waals surface area contributed by atoms with Crippen molar-refractivity contribution in [3.8, 4) is 10.4 Å². The van der Waals surface area contributed by atoms with Crippen molar-refractivity contribution in [2.75, 3.05) is 5.32 Å². The number of carbonyl (C=O) groups is 1. The van der Waals surface area contributed by atoms with Gasteiger partial charge in [0.1, 0.15) is 6.04 Å². The van der Waals surface area contributed by atoms with Gasteiger partial charge < -0.3 is 5.32 Å². The topological polar surface area (TPSA) is 76.9 Å². The fourth-order valence-corrected chi connectivity index (χ4v) is 3.89. The molecule has 0 aliphatic rings. The lowest BCUT2D eigenvalue weighted by Crippen LogP contribution is -2.34. The van der Waals surface area contributed by atoms with Crippen LogP contribution in [0.15, 0.2) is 65.5 Å². The van der Waals surface area contributed by atoms with Gasteiger partial charge in [0.05, 0.1) is 5.39 Å². The number of anilines is 1. The lowest BCUT2D eigenvalue weighted by Gasteiger charge is -2.14. The first-order chi connectivity index (χ1) is 13.5. The minimum Gasteiger partial charge on any atom is -0.324 e. The van der Waals surface area contributed by atoms with E-state index in [4.69, 9.17) is 0 Å². The number of aromatic nitrogens is 3. The number of thiophene rings is 1. The number of benzene rings is 2. The predicted molar refractivity (Wildman–Crippen MR) is 112 cm³/mol. The Kier molecular flexibility index (Phi) is 4.75. The number of hydrogen-bond donors (Lipinski definition) is 1. The van der Waals surface area contributed by atoms with Gasteiger partial charge in [-0.25, -0.2) is 0 Å². The number of carbonyl (C=O) groups excluding carboxylic acids is 1. The van der Waals surface area contributed by atoms with Crippen molar-refractivity contribution in [1.29, 1.82) is 0 Å². The molecule has 1 atom stereocenters. The molecule has 4 rings (SSSR count). The van der Waals surface area contributed by atoms with Gasteiger partial charge in [0.25, 0.3) is 5.56 Å². The van der Waals surface area contributed by atoms with Crippen LogP contribution in [0.1, 0.15) is 18.5 Å². The summed E-state index contributed by atoms with van der Waals surface area (Å²) >= 11 is 1.41. The van der Waals surface area contributed by atoms with Crippen molar-refractivity contribution in [1.82, 2.24) is 15.0 Å². The Morgan fingerprint density at radius 3 is 2.57 bits per heavy atom. The number of amides is 1. The number of hydrogen-bond acceptors (Lipinski definition) is 5. The second-order valence-corrected chi connectivity index (χ2v) is 7.55. The van der Waals surface area contributed by atoms with E-state index in [0.717, 1.165) is 20.7 Å². The molecule has 0 saturated heterocycles. The maximum atomic E-state index is 12.9. The molecule has 2 heterocycles. The Hall–Kier alpha value is -3.32. The van der Waals surface area contributed by atoms with Crippen molar-refractivity contribution in [3.05, 3.63) is 76.6 Å². The van der Waals surface area contributed by atoms with Crippen molar-refractivity contribution in [3.63, 3.8) is 0 Å². The molecule has 1 N–H and O–H groups in total. The summed E-state index contributed by atoms with van der Waals surface area (Å²) in [4.78, 5) is 27.1. The van der Waals surface area contributed by atoms with E-state index in [1.54, 1.807) is 6.92 Å². The third-order valence-electron chi connectivity index (χ3n) is 4.59. The van der Waals surface area contributed by atoms with E-state index in [1.807, 2.05) is 67.6 Å². The van der Waals surface area contributed by atoms with E-state index < -0.39 is 6.04 Å². The smallest absolute Gasteiger partial charge is 0.279 e. The van der Waals surface area contributed by atoms with Gasteiger partial charge in [-0.1, -0.05) is 53.7 Å². The fraction of sp³-hybridized carbons (Fsp3) is 0.143. The Morgan fingerprint density at radius 2 is 1.82 bits per heavy atom. The summed E-state index contributed by atoms with van der Waals surface area (Å²) in [6.45, 7) is 3.55. The first-order valence-electron chi connectivity index (χ1n) is 8.85. The molecule has 1 unspecified atom stereocenters. The molecular formula is C21H18N4O2S. The molecule has 0 radical (unpaired) electrons. The van der Waals surface area contributed by atoms with E-state index in [2.05, 4.69) is 15.6 Å². The molecule has 0 aliphatic heterocycles. The Labute approximate surface area is 165 Å². The highest BCUT2D eigenvalue weighted by Crippen LogP contribution is 2.30. The zero-order valence-electron chi connectivity index (χ0n) is 15.4. The average molecular weight is 390 g/mol. The predicted octanol–water partition coefficient (Wildman–Crippen LogP) is 4.03. The van der Waals surface area contributed by atoms with Gasteiger partial charge in [-0.15, -0.1) is 16.4 Å². The molecule has 28 heavy (non-hydrogen) atoms. The quantitative estimate of drug-likeness (QED) is 0.571. The van der Waals surface area contributed by atoms with E-state index in [0.29, 0.717) is 15.9 Å². The number of rotatable bonds is 4. The lowest BCUT2D eigenvalue weighted by atomic mass is 10.2. The van der Waals surface area contributed by atoms with Crippen molar-refractivity contribution in [2.24, 2.45) is 0 Å². The normalized spacial score (nSPS) is 12.1. The molecule has 1 amide bonds. The molecule has 0 fully saturated rings. The van der Waals surface area contributed by atoms with E-state index in [-0.39, 0.29) is 11.5 Å². The largest absolute Gasteiger partial charge is 0.324 e. The van der Waals surface area contributed by atoms with Crippen LogP contribution in [0.5, 0.6) is 0 Å². The molecule has 0 aliphatic carbocycles. The summed E-state index contributed by atoms with van der Waals surface area (Å²) in [5.41, 5.74) is 2.35. The number of nitrogens with zero attached hydrogens (tertiary/aromatic N) is 3. The van der Waals surface area contributed by atoms with Gasteiger partial charge in [-0.2, -0.15) is 4.68 Å². The van der Waals surface area contributed by atoms with Crippen molar-refractivity contribution >= 4 is 33.1 Å². The Morgan fingerprint density at radius 1 is 1.11 bits per heavy atom. The van der Waals surface area contributed by atoms with Gasteiger partial charge in [0.15, 0.2) is 4.83 Å². The summed E-state index contributed by atoms with van der Waals surface area (Å²) in [5, 5.41) is 11.5. The van der Waals surface area contributed by atoms with Gasteiger partial charge in [0, 0.05) is 10.6 Å². The molecule has 0 spiro atoms. The highest BCUT2D eigenvalue weighted by atomic mass is 32.1. The lowest BCUT2D eigenvalue weighted by molar-refractivity contribution is -0.119. The van der Waals surface area contributed by atoms with Gasteiger partial charge >= 0.3 is 0 Å². The van der Waals surface area contributed by atoms with Gasteiger partial charge in [-0.05, 0) is 37.1 Å². The van der Waals surface area contributed by atoms with Crippen LogP contribution in [0.2, 0.25) is 0 Å². The molecule has 6 nitrogen and oxygen atoms in total. The van der Waals surface area contributed by atoms with Crippen LogP contribution in [-0.2, 0) is 4.79 Å². The first kappa shape index (κ1) is 18.1. The molecule has 7 heteroatoms. The average Bonchev–Trinajstić information content (AvgIpc) is 3.15. The number of aryl methyl sites for hydroxylation is 1. The second kappa shape index (κ2) is 7.36. The molecule has 2 aromatic carbocycles. The van der Waals surface area contributed by atoms with E-state index in [9.17, 15) is 9.59 Å². The summed E-state index contributed by atoms with van der Waals surface area (Å²) < 4.78 is 1.14. The summed E-state index contributed by atoms with van der Waals surface area (Å²) in [6.07, 6.45) is 0. The summed E-state index contributed by atoms with van der Waals surface area (Å²) in [6, 6.07) is 18.3. The van der Waals surface area contributed by atoms with Crippen molar-refractivity contribution in [2.45, 2.75) is 19.9 Å². The Bertz CT molecular complexity index is 1210.